The highest BCUT2D eigenvalue weighted by Crippen LogP contribution is 2.25. The van der Waals surface area contributed by atoms with Gasteiger partial charge >= 0.3 is 6.18 Å². The molecule has 0 bridgehead atoms. The molecule has 0 aliphatic heterocycles. The predicted octanol–water partition coefficient (Wildman–Crippen LogP) is 4.38. The van der Waals surface area contributed by atoms with Crippen molar-refractivity contribution < 1.29 is 13.2 Å². The van der Waals surface area contributed by atoms with Crippen LogP contribution >= 0.6 is 0 Å². The number of nitrogens with zero attached hydrogens (tertiary/aromatic N) is 3. The van der Waals surface area contributed by atoms with Crippen LogP contribution in [0.5, 0.6) is 0 Å². The van der Waals surface area contributed by atoms with E-state index in [4.69, 9.17) is 0 Å². The molecule has 3 rings (SSSR count). The van der Waals surface area contributed by atoms with Crippen LogP contribution in [-0.2, 0) is 0 Å². The maximum absolute atomic E-state index is 12.4. The van der Waals surface area contributed by atoms with Crippen LogP contribution in [0.1, 0.15) is 17.7 Å². The van der Waals surface area contributed by atoms with Gasteiger partial charge in [-0.15, -0.1) is 0 Å². The molecule has 0 amide bonds. The largest absolute Gasteiger partial charge is 0.390 e. The van der Waals surface area contributed by atoms with Gasteiger partial charge in [-0.3, -0.25) is 0 Å². The second kappa shape index (κ2) is 6.14. The van der Waals surface area contributed by atoms with Gasteiger partial charge in [0.1, 0.15) is 5.82 Å². The number of fused-ring (bicyclic) bond motifs is 1. The first-order chi connectivity index (χ1) is 11.3. The van der Waals surface area contributed by atoms with E-state index in [1.54, 1.807) is 10.6 Å². The Morgan fingerprint density at radius 1 is 1.12 bits per heavy atom. The maximum Gasteiger partial charge on any atom is 0.390 e. The standard InChI is InChI=1S/C17H17F3N4/c1-11-12(2)23-24-15(21-9-8-17(18,19)20)10-14(22-16(11)24)13-6-4-3-5-7-13/h3-7,10,21H,8-9H2,1-2H3. The predicted molar refractivity (Wildman–Crippen MR) is 87.1 cm³/mol. The summed E-state index contributed by atoms with van der Waals surface area (Å²) in [7, 11) is 0. The zero-order chi connectivity index (χ0) is 17.3. The van der Waals surface area contributed by atoms with E-state index >= 15 is 0 Å². The molecule has 126 valence electrons. The Balaban J connectivity index is 2.04. The fourth-order valence-electron chi connectivity index (χ4n) is 2.44. The van der Waals surface area contributed by atoms with Crippen LogP contribution in [0.25, 0.3) is 16.9 Å². The first-order valence-electron chi connectivity index (χ1n) is 7.58. The molecule has 0 aliphatic rings. The van der Waals surface area contributed by atoms with Crippen molar-refractivity contribution in [3.8, 4) is 11.3 Å². The van der Waals surface area contributed by atoms with Gasteiger partial charge in [0.2, 0.25) is 0 Å². The molecule has 7 heteroatoms. The zero-order valence-corrected chi connectivity index (χ0v) is 13.4. The van der Waals surface area contributed by atoms with Gasteiger partial charge in [-0.1, -0.05) is 30.3 Å². The number of nitrogens with one attached hydrogen (secondary N) is 1. The number of aromatic nitrogens is 3. The molecule has 0 unspecified atom stereocenters. The van der Waals surface area contributed by atoms with Crippen LogP contribution in [0.4, 0.5) is 19.0 Å². The number of rotatable bonds is 4. The summed E-state index contributed by atoms with van der Waals surface area (Å²) in [6.45, 7) is 3.54. The fraction of sp³-hybridized carbons (Fsp3) is 0.294. The van der Waals surface area contributed by atoms with E-state index in [0.717, 1.165) is 16.8 Å². The van der Waals surface area contributed by atoms with Gasteiger partial charge in [0, 0.05) is 23.7 Å². The van der Waals surface area contributed by atoms with E-state index in [0.29, 0.717) is 17.2 Å². The zero-order valence-electron chi connectivity index (χ0n) is 13.4. The van der Waals surface area contributed by atoms with Gasteiger partial charge in [0.05, 0.1) is 17.8 Å². The second-order valence-electron chi connectivity index (χ2n) is 5.63. The van der Waals surface area contributed by atoms with Crippen LogP contribution in [0.15, 0.2) is 36.4 Å². The molecule has 0 aliphatic carbocycles. The smallest absolute Gasteiger partial charge is 0.370 e. The first-order valence-corrected chi connectivity index (χ1v) is 7.58. The van der Waals surface area contributed by atoms with E-state index in [1.807, 2.05) is 44.2 Å². The number of halogens is 3. The third-order valence-corrected chi connectivity index (χ3v) is 3.84. The van der Waals surface area contributed by atoms with Crippen molar-refractivity contribution in [2.45, 2.75) is 26.4 Å². The van der Waals surface area contributed by atoms with Gasteiger partial charge in [-0.25, -0.2) is 4.98 Å². The van der Waals surface area contributed by atoms with Crippen molar-refractivity contribution in [3.05, 3.63) is 47.7 Å². The van der Waals surface area contributed by atoms with Crippen LogP contribution in [0.3, 0.4) is 0 Å². The molecule has 0 spiro atoms. The van der Waals surface area contributed by atoms with E-state index in [9.17, 15) is 13.2 Å². The van der Waals surface area contributed by atoms with E-state index in [1.165, 1.54) is 0 Å². The summed E-state index contributed by atoms with van der Waals surface area (Å²) in [6, 6.07) is 11.2. The Bertz CT molecular complexity index is 854. The van der Waals surface area contributed by atoms with Crippen molar-refractivity contribution in [2.24, 2.45) is 0 Å². The lowest BCUT2D eigenvalue weighted by Gasteiger charge is -2.12. The van der Waals surface area contributed by atoms with Crippen molar-refractivity contribution in [1.29, 1.82) is 0 Å². The summed E-state index contributed by atoms with van der Waals surface area (Å²) in [5.41, 5.74) is 3.94. The van der Waals surface area contributed by atoms with Gasteiger partial charge < -0.3 is 5.32 Å². The summed E-state index contributed by atoms with van der Waals surface area (Å²) in [5.74, 6) is 0.499. The average Bonchev–Trinajstić information content (AvgIpc) is 2.82. The van der Waals surface area contributed by atoms with Crippen LogP contribution in [-0.4, -0.2) is 27.3 Å². The van der Waals surface area contributed by atoms with E-state index < -0.39 is 12.6 Å². The number of anilines is 1. The summed E-state index contributed by atoms with van der Waals surface area (Å²) < 4.78 is 38.8. The molecule has 1 N–H and O–H groups in total. The van der Waals surface area contributed by atoms with Gasteiger partial charge in [0.15, 0.2) is 5.65 Å². The summed E-state index contributed by atoms with van der Waals surface area (Å²) >= 11 is 0. The Labute approximate surface area is 137 Å². The molecule has 0 saturated heterocycles. The molecule has 2 aromatic heterocycles. The first kappa shape index (κ1) is 16.3. The molecule has 0 atom stereocenters. The highest BCUT2D eigenvalue weighted by Gasteiger charge is 2.26. The number of hydrogen-bond acceptors (Lipinski definition) is 3. The minimum Gasteiger partial charge on any atom is -0.370 e. The molecule has 0 fully saturated rings. The molecule has 3 aromatic rings. The molecule has 0 radical (unpaired) electrons. The van der Waals surface area contributed by atoms with Crippen molar-refractivity contribution >= 4 is 11.5 Å². The van der Waals surface area contributed by atoms with Gasteiger partial charge in [-0.05, 0) is 13.8 Å². The lowest BCUT2D eigenvalue weighted by Crippen LogP contribution is -2.16. The molecular weight excluding hydrogens is 317 g/mol. The molecular formula is C17H17F3N4. The minimum absolute atomic E-state index is 0.213. The van der Waals surface area contributed by atoms with E-state index in [2.05, 4.69) is 15.4 Å². The molecule has 24 heavy (non-hydrogen) atoms. The highest BCUT2D eigenvalue weighted by atomic mass is 19.4. The summed E-state index contributed by atoms with van der Waals surface area (Å²) in [6.07, 6.45) is -5.10. The Morgan fingerprint density at radius 2 is 1.83 bits per heavy atom. The fourth-order valence-corrected chi connectivity index (χ4v) is 2.44. The van der Waals surface area contributed by atoms with Crippen molar-refractivity contribution in [3.63, 3.8) is 0 Å². The topological polar surface area (TPSA) is 42.2 Å². The van der Waals surface area contributed by atoms with Gasteiger partial charge in [-0.2, -0.15) is 22.8 Å². The van der Waals surface area contributed by atoms with Crippen LogP contribution in [0, 0.1) is 13.8 Å². The third kappa shape index (κ3) is 3.34. The average molecular weight is 334 g/mol. The monoisotopic (exact) mass is 334 g/mol. The van der Waals surface area contributed by atoms with Gasteiger partial charge in [0.25, 0.3) is 0 Å². The van der Waals surface area contributed by atoms with Crippen molar-refractivity contribution in [2.75, 3.05) is 11.9 Å². The Morgan fingerprint density at radius 3 is 2.50 bits per heavy atom. The highest BCUT2D eigenvalue weighted by molar-refractivity contribution is 5.68. The summed E-state index contributed by atoms with van der Waals surface area (Å²) in [4.78, 5) is 4.62. The number of alkyl halides is 3. The molecule has 0 saturated carbocycles. The quantitative estimate of drug-likeness (QED) is 0.770. The van der Waals surface area contributed by atoms with Crippen LogP contribution < -0.4 is 5.32 Å². The Kier molecular flexibility index (Phi) is 4.17. The van der Waals surface area contributed by atoms with Crippen LogP contribution in [0.2, 0.25) is 0 Å². The Hall–Kier alpha value is -2.57. The second-order valence-corrected chi connectivity index (χ2v) is 5.63. The normalized spacial score (nSPS) is 11.9. The lowest BCUT2D eigenvalue weighted by molar-refractivity contribution is -0.131. The molecule has 4 nitrogen and oxygen atoms in total. The number of benzene rings is 1. The summed E-state index contributed by atoms with van der Waals surface area (Å²) in [5, 5.41) is 7.21. The SMILES string of the molecule is Cc1nn2c(NCCC(F)(F)F)cc(-c3ccccc3)nc2c1C. The molecule has 1 aromatic carbocycles. The number of aryl methyl sites for hydroxylation is 2. The maximum atomic E-state index is 12.4. The minimum atomic E-state index is -4.20. The molecule has 2 heterocycles. The number of hydrogen-bond donors (Lipinski definition) is 1. The third-order valence-electron chi connectivity index (χ3n) is 3.84. The van der Waals surface area contributed by atoms with Crippen molar-refractivity contribution in [1.82, 2.24) is 14.6 Å². The van der Waals surface area contributed by atoms with E-state index in [-0.39, 0.29) is 6.54 Å². The lowest BCUT2D eigenvalue weighted by atomic mass is 10.1.